The Bertz CT molecular complexity index is 1300. The molecule has 0 bridgehead atoms. The molecule has 0 amide bonds. The number of rotatable bonds is 5. The van der Waals surface area contributed by atoms with E-state index in [0.717, 1.165) is 16.8 Å². The summed E-state index contributed by atoms with van der Waals surface area (Å²) in [7, 11) is -3.36. The summed E-state index contributed by atoms with van der Waals surface area (Å²) in [4.78, 5) is 4.53. The largest absolute Gasteiger partial charge is 0.459 e. The van der Waals surface area contributed by atoms with Crippen LogP contribution < -0.4 is 5.01 Å². The van der Waals surface area contributed by atoms with Crippen molar-refractivity contribution in [2.45, 2.75) is 31.0 Å². The number of hydrazone groups is 1. The van der Waals surface area contributed by atoms with Crippen LogP contribution in [-0.2, 0) is 10.0 Å². The molecule has 0 fully saturated rings. The molecule has 188 valence electrons. The molecule has 0 spiro atoms. The minimum atomic E-state index is -5.81. The van der Waals surface area contributed by atoms with Crippen molar-refractivity contribution in [1.29, 1.82) is 0 Å². The van der Waals surface area contributed by atoms with Crippen molar-refractivity contribution in [3.63, 3.8) is 0 Å². The van der Waals surface area contributed by atoms with Crippen LogP contribution in [0.1, 0.15) is 30.3 Å². The number of alkyl halides is 5. The lowest BCUT2D eigenvalue weighted by Crippen LogP contribution is -2.43. The number of para-hydroxylation sites is 1. The highest BCUT2D eigenvalue weighted by Crippen LogP contribution is 2.45. The summed E-state index contributed by atoms with van der Waals surface area (Å²) < 4.78 is 92.5. The molecule has 2 aliphatic rings. The molecule has 1 aromatic heterocycles. The second kappa shape index (κ2) is 9.14. The van der Waals surface area contributed by atoms with E-state index < -0.39 is 40.3 Å². The third-order valence-corrected chi connectivity index (χ3v) is 7.40. The van der Waals surface area contributed by atoms with Gasteiger partial charge in [0, 0.05) is 19.5 Å². The van der Waals surface area contributed by atoms with Crippen molar-refractivity contribution < 1.29 is 30.4 Å². The van der Waals surface area contributed by atoms with Gasteiger partial charge in [0.2, 0.25) is 10.0 Å². The fourth-order valence-electron chi connectivity index (χ4n) is 3.95. The second-order valence-corrected chi connectivity index (χ2v) is 10.6. The van der Waals surface area contributed by atoms with E-state index in [9.17, 15) is 30.4 Å². The topological polar surface area (TPSA) is 65.9 Å². The van der Waals surface area contributed by atoms with Crippen LogP contribution in [0.3, 0.4) is 0 Å². The Labute approximate surface area is 203 Å². The Morgan fingerprint density at radius 3 is 2.37 bits per heavy atom. The van der Waals surface area contributed by atoms with Gasteiger partial charge in [0.15, 0.2) is 0 Å². The van der Waals surface area contributed by atoms with Gasteiger partial charge in [-0.1, -0.05) is 35.9 Å². The summed E-state index contributed by atoms with van der Waals surface area (Å²) in [6, 6.07) is 9.87. The van der Waals surface area contributed by atoms with Crippen molar-refractivity contribution in [1.82, 2.24) is 9.29 Å². The molecule has 13 heteroatoms. The van der Waals surface area contributed by atoms with Gasteiger partial charge in [0.05, 0.1) is 28.4 Å². The van der Waals surface area contributed by atoms with Crippen molar-refractivity contribution in [3.8, 4) is 0 Å². The number of benzene rings is 1. The van der Waals surface area contributed by atoms with Gasteiger partial charge in [-0.05, 0) is 36.3 Å². The maximum absolute atomic E-state index is 14.2. The molecule has 0 saturated carbocycles. The predicted octanol–water partition coefficient (Wildman–Crippen LogP) is 5.29. The molecule has 1 unspecified atom stereocenters. The number of hydrogen-bond acceptors (Lipinski definition) is 5. The van der Waals surface area contributed by atoms with Crippen LogP contribution in [0.4, 0.5) is 27.6 Å². The van der Waals surface area contributed by atoms with Gasteiger partial charge in [0.25, 0.3) is 0 Å². The van der Waals surface area contributed by atoms with Gasteiger partial charge >= 0.3 is 12.1 Å². The van der Waals surface area contributed by atoms with Crippen LogP contribution in [-0.4, -0.2) is 54.9 Å². The molecule has 2 aliphatic heterocycles. The number of sulfonamides is 1. The van der Waals surface area contributed by atoms with Crippen molar-refractivity contribution in [3.05, 3.63) is 65.0 Å². The summed E-state index contributed by atoms with van der Waals surface area (Å²) in [5.74, 6) is -5.13. The van der Waals surface area contributed by atoms with E-state index in [0.29, 0.717) is 12.1 Å². The van der Waals surface area contributed by atoms with Crippen LogP contribution in [0.15, 0.2) is 53.6 Å². The maximum atomic E-state index is 14.2. The van der Waals surface area contributed by atoms with Crippen LogP contribution in [0, 0.1) is 0 Å². The maximum Gasteiger partial charge on any atom is 0.459 e. The Morgan fingerprint density at radius 1 is 1.06 bits per heavy atom. The molecular weight excluding hydrogens is 515 g/mol. The SMILES string of the molecule is CS(=O)(=O)N1CC=C(c2cccc(C3CC(C(F)(F)C(F)(F)F)=NN3c3ccccc3Cl)n2)CC1. The third kappa shape index (κ3) is 5.05. The third-order valence-electron chi connectivity index (χ3n) is 5.81. The zero-order chi connectivity index (χ0) is 25.6. The zero-order valence-corrected chi connectivity index (χ0v) is 19.9. The van der Waals surface area contributed by atoms with E-state index in [1.165, 1.54) is 22.5 Å². The van der Waals surface area contributed by atoms with Gasteiger partial charge in [-0.2, -0.15) is 31.4 Å². The molecule has 6 nitrogen and oxygen atoms in total. The minimum Gasteiger partial charge on any atom is -0.254 e. The molecule has 2 aromatic rings. The smallest absolute Gasteiger partial charge is 0.254 e. The van der Waals surface area contributed by atoms with E-state index in [2.05, 4.69) is 10.1 Å². The Balaban J connectivity index is 1.71. The van der Waals surface area contributed by atoms with Crippen molar-refractivity contribution in [2.75, 3.05) is 24.4 Å². The summed E-state index contributed by atoms with van der Waals surface area (Å²) in [5, 5.41) is 4.84. The Kier molecular flexibility index (Phi) is 6.66. The zero-order valence-electron chi connectivity index (χ0n) is 18.3. The standard InChI is InChI=1S/C22H20ClF5N4O2S/c1-35(33,34)31-11-9-14(10-12-31)16-6-4-7-17(29-16)19-13-20(21(24,25)22(26,27)28)30-32(19)18-8-3-2-5-15(18)23/h2-9,19H,10-13H2,1H3. The van der Waals surface area contributed by atoms with Gasteiger partial charge < -0.3 is 0 Å². The first-order valence-corrected chi connectivity index (χ1v) is 12.7. The van der Waals surface area contributed by atoms with Crippen LogP contribution in [0.2, 0.25) is 5.02 Å². The number of anilines is 1. The molecule has 35 heavy (non-hydrogen) atoms. The molecule has 1 atom stereocenters. The Hall–Kier alpha value is -2.57. The van der Waals surface area contributed by atoms with E-state index >= 15 is 0 Å². The molecule has 0 saturated heterocycles. The van der Waals surface area contributed by atoms with Gasteiger partial charge in [-0.25, -0.2) is 8.42 Å². The molecule has 1 aromatic carbocycles. The quantitative estimate of drug-likeness (QED) is 0.489. The average molecular weight is 535 g/mol. The summed E-state index contributed by atoms with van der Waals surface area (Å²) in [6.45, 7) is 0.400. The monoisotopic (exact) mass is 534 g/mol. The molecule has 3 heterocycles. The van der Waals surface area contributed by atoms with Crippen LogP contribution >= 0.6 is 11.6 Å². The summed E-state index contributed by atoms with van der Waals surface area (Å²) >= 11 is 6.21. The van der Waals surface area contributed by atoms with Crippen molar-refractivity contribution >= 4 is 38.6 Å². The normalized spacial score (nSPS) is 20.1. The first-order chi connectivity index (χ1) is 16.3. The lowest BCUT2D eigenvalue weighted by atomic mass is 10.0. The van der Waals surface area contributed by atoms with Crippen molar-refractivity contribution in [2.24, 2.45) is 5.10 Å². The first kappa shape index (κ1) is 25.5. The lowest BCUT2D eigenvalue weighted by Gasteiger charge is -2.26. The predicted molar refractivity (Wildman–Crippen MR) is 123 cm³/mol. The average Bonchev–Trinajstić information content (AvgIpc) is 3.24. The first-order valence-electron chi connectivity index (χ1n) is 10.5. The lowest BCUT2D eigenvalue weighted by molar-refractivity contribution is -0.249. The van der Waals surface area contributed by atoms with Gasteiger partial charge in [0.1, 0.15) is 11.8 Å². The fourth-order valence-corrected chi connectivity index (χ4v) is 4.94. The van der Waals surface area contributed by atoms with Gasteiger partial charge in [-0.3, -0.25) is 9.99 Å². The number of hydrogen-bond donors (Lipinski definition) is 0. The van der Waals surface area contributed by atoms with E-state index in [-0.39, 0.29) is 29.5 Å². The highest BCUT2D eigenvalue weighted by molar-refractivity contribution is 7.88. The molecular formula is C22H20ClF5N4O2S. The van der Waals surface area contributed by atoms with E-state index in [1.54, 1.807) is 30.3 Å². The summed E-state index contributed by atoms with van der Waals surface area (Å²) in [6.07, 6.45) is -3.33. The van der Waals surface area contributed by atoms with Crippen LogP contribution in [0.5, 0.6) is 0 Å². The minimum absolute atomic E-state index is 0.129. The molecule has 0 N–H and O–H groups in total. The second-order valence-electron chi connectivity index (χ2n) is 8.18. The highest BCUT2D eigenvalue weighted by atomic mass is 35.5. The van der Waals surface area contributed by atoms with E-state index in [4.69, 9.17) is 11.6 Å². The number of nitrogens with zero attached hydrogens (tertiary/aromatic N) is 4. The van der Waals surface area contributed by atoms with Gasteiger partial charge in [-0.15, -0.1) is 0 Å². The fraction of sp³-hybridized carbons (Fsp3) is 0.364. The molecule has 0 aliphatic carbocycles. The van der Waals surface area contributed by atoms with E-state index in [1.807, 2.05) is 0 Å². The Morgan fingerprint density at radius 2 is 1.77 bits per heavy atom. The van der Waals surface area contributed by atoms with Crippen LogP contribution in [0.25, 0.3) is 5.57 Å². The number of pyridine rings is 1. The summed E-state index contributed by atoms with van der Waals surface area (Å²) in [5.41, 5.74) is 0.287. The number of halogens is 6. The molecule has 0 radical (unpaired) electrons. The molecule has 4 rings (SSSR count). The number of aromatic nitrogens is 1. The highest BCUT2D eigenvalue weighted by Gasteiger charge is 2.63.